The second-order valence-corrected chi connectivity index (χ2v) is 5.96. The standard InChI is InChI=1S/C16H24N2O2/c1-12-14-4-3-7-17(14)8-9-18(12)11-13-5-6-15(19)16(10-13)20-2/h5-6,10,12,14,19H,3-4,7-9,11H2,1-2H3. The smallest absolute Gasteiger partial charge is 0.160 e. The van der Waals surface area contributed by atoms with Gasteiger partial charge in [-0.2, -0.15) is 0 Å². The monoisotopic (exact) mass is 276 g/mol. The van der Waals surface area contributed by atoms with Gasteiger partial charge in [-0.25, -0.2) is 0 Å². The van der Waals surface area contributed by atoms with Gasteiger partial charge in [-0.05, 0) is 44.0 Å². The van der Waals surface area contributed by atoms with Crippen LogP contribution in [0.15, 0.2) is 18.2 Å². The predicted octanol–water partition coefficient (Wildman–Crippen LogP) is 2.07. The van der Waals surface area contributed by atoms with Crippen LogP contribution in [0, 0.1) is 0 Å². The lowest BCUT2D eigenvalue weighted by molar-refractivity contribution is 0.0470. The SMILES string of the molecule is COc1cc(CN2CCN3CCCC3C2C)ccc1O. The normalized spacial score (nSPS) is 27.5. The number of methoxy groups -OCH3 is 1. The third-order valence-corrected chi connectivity index (χ3v) is 4.85. The van der Waals surface area contributed by atoms with Gasteiger partial charge in [-0.15, -0.1) is 0 Å². The van der Waals surface area contributed by atoms with Crippen molar-refractivity contribution >= 4 is 0 Å². The second-order valence-electron chi connectivity index (χ2n) is 5.96. The summed E-state index contributed by atoms with van der Waals surface area (Å²) in [5, 5.41) is 9.67. The molecular weight excluding hydrogens is 252 g/mol. The first-order chi connectivity index (χ1) is 9.69. The highest BCUT2D eigenvalue weighted by atomic mass is 16.5. The quantitative estimate of drug-likeness (QED) is 0.917. The molecule has 2 aliphatic rings. The first-order valence-corrected chi connectivity index (χ1v) is 7.53. The molecule has 0 saturated carbocycles. The third kappa shape index (κ3) is 2.50. The van der Waals surface area contributed by atoms with E-state index in [1.807, 2.05) is 12.1 Å². The number of piperazine rings is 1. The topological polar surface area (TPSA) is 35.9 Å². The van der Waals surface area contributed by atoms with Crippen LogP contribution in [0.3, 0.4) is 0 Å². The van der Waals surface area contributed by atoms with Crippen LogP contribution in [0.25, 0.3) is 0 Å². The Hall–Kier alpha value is -1.26. The van der Waals surface area contributed by atoms with E-state index >= 15 is 0 Å². The number of rotatable bonds is 3. The van der Waals surface area contributed by atoms with Crippen LogP contribution in [0.4, 0.5) is 0 Å². The van der Waals surface area contributed by atoms with E-state index in [0.717, 1.165) is 19.1 Å². The molecule has 0 aliphatic carbocycles. The van der Waals surface area contributed by atoms with Crippen molar-refractivity contribution in [3.8, 4) is 11.5 Å². The van der Waals surface area contributed by atoms with Gasteiger partial charge in [0, 0.05) is 31.7 Å². The van der Waals surface area contributed by atoms with Gasteiger partial charge < -0.3 is 9.84 Å². The van der Waals surface area contributed by atoms with E-state index in [0.29, 0.717) is 11.8 Å². The molecule has 2 fully saturated rings. The summed E-state index contributed by atoms with van der Waals surface area (Å²) in [6, 6.07) is 6.99. The summed E-state index contributed by atoms with van der Waals surface area (Å²) in [5.74, 6) is 0.777. The second kappa shape index (κ2) is 5.62. The number of hydrogen-bond donors (Lipinski definition) is 1. The van der Waals surface area contributed by atoms with Crippen molar-refractivity contribution in [2.75, 3.05) is 26.7 Å². The van der Waals surface area contributed by atoms with Crippen LogP contribution in [0.2, 0.25) is 0 Å². The molecule has 0 amide bonds. The van der Waals surface area contributed by atoms with Crippen molar-refractivity contribution in [3.63, 3.8) is 0 Å². The Morgan fingerprint density at radius 2 is 2.15 bits per heavy atom. The molecular formula is C16H24N2O2. The fourth-order valence-corrected chi connectivity index (χ4v) is 3.66. The maximum absolute atomic E-state index is 9.67. The molecule has 2 unspecified atom stereocenters. The molecule has 0 radical (unpaired) electrons. The average molecular weight is 276 g/mol. The zero-order valence-electron chi connectivity index (χ0n) is 12.4. The third-order valence-electron chi connectivity index (χ3n) is 4.85. The first-order valence-electron chi connectivity index (χ1n) is 7.53. The molecule has 110 valence electrons. The minimum absolute atomic E-state index is 0.213. The molecule has 1 N–H and O–H groups in total. The average Bonchev–Trinajstić information content (AvgIpc) is 2.93. The summed E-state index contributed by atoms with van der Waals surface area (Å²) in [6.45, 7) is 6.86. The van der Waals surface area contributed by atoms with Crippen molar-refractivity contribution in [1.29, 1.82) is 0 Å². The minimum Gasteiger partial charge on any atom is -0.504 e. The van der Waals surface area contributed by atoms with Gasteiger partial charge in [0.1, 0.15) is 0 Å². The number of hydrogen-bond acceptors (Lipinski definition) is 4. The lowest BCUT2D eigenvalue weighted by atomic mass is 10.0. The van der Waals surface area contributed by atoms with Crippen molar-refractivity contribution in [2.45, 2.75) is 38.4 Å². The minimum atomic E-state index is 0.213. The number of aromatic hydroxyl groups is 1. The van der Waals surface area contributed by atoms with Gasteiger partial charge >= 0.3 is 0 Å². The van der Waals surface area contributed by atoms with Crippen LogP contribution in [0.1, 0.15) is 25.3 Å². The summed E-state index contributed by atoms with van der Waals surface area (Å²) < 4.78 is 5.19. The van der Waals surface area contributed by atoms with Gasteiger partial charge in [0.15, 0.2) is 11.5 Å². The fraction of sp³-hybridized carbons (Fsp3) is 0.625. The van der Waals surface area contributed by atoms with Crippen molar-refractivity contribution in [2.24, 2.45) is 0 Å². The van der Waals surface area contributed by atoms with E-state index in [1.165, 1.54) is 31.5 Å². The number of phenols is 1. The molecule has 0 spiro atoms. The summed E-state index contributed by atoms with van der Waals surface area (Å²) in [4.78, 5) is 5.19. The lowest BCUT2D eigenvalue weighted by Crippen LogP contribution is -2.55. The molecule has 2 atom stereocenters. The van der Waals surface area contributed by atoms with Crippen molar-refractivity contribution in [1.82, 2.24) is 9.80 Å². The number of phenolic OH excluding ortho intramolecular Hbond substituents is 1. The summed E-state index contributed by atoms with van der Waals surface area (Å²) >= 11 is 0. The Morgan fingerprint density at radius 3 is 2.95 bits per heavy atom. The van der Waals surface area contributed by atoms with Gasteiger partial charge in [0.25, 0.3) is 0 Å². The molecule has 20 heavy (non-hydrogen) atoms. The zero-order chi connectivity index (χ0) is 14.1. The van der Waals surface area contributed by atoms with Gasteiger partial charge in [-0.3, -0.25) is 9.80 Å². The first kappa shape index (κ1) is 13.7. The van der Waals surface area contributed by atoms with Crippen LogP contribution < -0.4 is 4.74 Å². The highest BCUT2D eigenvalue weighted by Crippen LogP contribution is 2.30. The van der Waals surface area contributed by atoms with Gasteiger partial charge in [0.05, 0.1) is 7.11 Å². The summed E-state index contributed by atoms with van der Waals surface area (Å²) in [5.41, 5.74) is 1.21. The summed E-state index contributed by atoms with van der Waals surface area (Å²) in [6.07, 6.45) is 2.67. The fourth-order valence-electron chi connectivity index (χ4n) is 3.66. The van der Waals surface area contributed by atoms with Gasteiger partial charge in [-0.1, -0.05) is 6.07 Å². The Kier molecular flexibility index (Phi) is 3.85. The number of fused-ring (bicyclic) bond motifs is 1. The van der Waals surface area contributed by atoms with Gasteiger partial charge in [0.2, 0.25) is 0 Å². The van der Waals surface area contributed by atoms with Crippen LogP contribution in [0.5, 0.6) is 11.5 Å². The van der Waals surface area contributed by atoms with Crippen LogP contribution >= 0.6 is 0 Å². The van der Waals surface area contributed by atoms with E-state index in [9.17, 15) is 5.11 Å². The largest absolute Gasteiger partial charge is 0.504 e. The molecule has 0 aromatic heterocycles. The van der Waals surface area contributed by atoms with E-state index < -0.39 is 0 Å². The van der Waals surface area contributed by atoms with Crippen LogP contribution in [-0.2, 0) is 6.54 Å². The molecule has 3 rings (SSSR count). The van der Waals surface area contributed by atoms with E-state index in [-0.39, 0.29) is 5.75 Å². The predicted molar refractivity (Wildman–Crippen MR) is 79.1 cm³/mol. The maximum Gasteiger partial charge on any atom is 0.160 e. The lowest BCUT2D eigenvalue weighted by Gasteiger charge is -2.43. The van der Waals surface area contributed by atoms with E-state index in [4.69, 9.17) is 4.74 Å². The van der Waals surface area contributed by atoms with Crippen molar-refractivity contribution in [3.05, 3.63) is 23.8 Å². The highest BCUT2D eigenvalue weighted by molar-refractivity contribution is 5.41. The van der Waals surface area contributed by atoms with Crippen molar-refractivity contribution < 1.29 is 9.84 Å². The Bertz CT molecular complexity index is 478. The zero-order valence-corrected chi connectivity index (χ0v) is 12.4. The number of nitrogens with zero attached hydrogens (tertiary/aromatic N) is 2. The molecule has 2 aliphatic heterocycles. The molecule has 0 bridgehead atoms. The van der Waals surface area contributed by atoms with E-state index in [1.54, 1.807) is 13.2 Å². The van der Waals surface area contributed by atoms with E-state index in [2.05, 4.69) is 16.7 Å². The summed E-state index contributed by atoms with van der Waals surface area (Å²) in [7, 11) is 1.60. The molecule has 4 heteroatoms. The molecule has 4 nitrogen and oxygen atoms in total. The van der Waals surface area contributed by atoms with Crippen LogP contribution in [-0.4, -0.2) is 53.7 Å². The Labute approximate surface area is 120 Å². The molecule has 1 aromatic rings. The number of ether oxygens (including phenoxy) is 1. The molecule has 1 aromatic carbocycles. The Balaban J connectivity index is 1.71. The Morgan fingerprint density at radius 1 is 1.30 bits per heavy atom. The number of benzene rings is 1. The molecule has 2 saturated heterocycles. The highest BCUT2D eigenvalue weighted by Gasteiger charge is 2.36. The maximum atomic E-state index is 9.67. The molecule has 2 heterocycles.